The van der Waals surface area contributed by atoms with Crippen LogP contribution in [0, 0.1) is 11.3 Å². The molecular weight excluding hydrogens is 360 g/mol. The van der Waals surface area contributed by atoms with E-state index in [0.717, 1.165) is 56.5 Å². The van der Waals surface area contributed by atoms with Crippen LogP contribution in [0.2, 0.25) is 5.02 Å². The van der Waals surface area contributed by atoms with E-state index in [-0.39, 0.29) is 0 Å². The summed E-state index contributed by atoms with van der Waals surface area (Å²) in [4.78, 5) is 18.9. The molecular formula is C20H21ClN6. The second-order valence-electron chi connectivity index (χ2n) is 7.57. The van der Waals surface area contributed by atoms with E-state index in [1.54, 1.807) is 12.3 Å². The first kappa shape index (κ1) is 16.8. The number of anilines is 2. The van der Waals surface area contributed by atoms with Gasteiger partial charge in [0.2, 0.25) is 0 Å². The molecule has 0 aromatic carbocycles. The molecule has 0 bridgehead atoms. The van der Waals surface area contributed by atoms with Gasteiger partial charge in [0.25, 0.3) is 0 Å². The van der Waals surface area contributed by atoms with E-state index >= 15 is 0 Å². The molecule has 0 spiro atoms. The number of rotatable bonds is 3. The highest BCUT2D eigenvalue weighted by molar-refractivity contribution is 6.33. The number of nitriles is 1. The first-order valence-corrected chi connectivity index (χ1v) is 10.1. The van der Waals surface area contributed by atoms with E-state index in [1.165, 1.54) is 30.5 Å². The van der Waals surface area contributed by atoms with E-state index in [0.29, 0.717) is 16.5 Å². The Morgan fingerprint density at radius 3 is 2.44 bits per heavy atom. The zero-order chi connectivity index (χ0) is 18.4. The number of hydrogen-bond donors (Lipinski definition) is 0. The molecule has 27 heavy (non-hydrogen) atoms. The lowest BCUT2D eigenvalue weighted by atomic mass is 10.2. The van der Waals surface area contributed by atoms with Gasteiger partial charge >= 0.3 is 0 Å². The Labute approximate surface area is 163 Å². The number of aromatic nitrogens is 3. The van der Waals surface area contributed by atoms with Gasteiger partial charge < -0.3 is 9.80 Å². The Hall–Kier alpha value is -2.39. The second kappa shape index (κ2) is 6.65. The molecule has 138 valence electrons. The Morgan fingerprint density at radius 2 is 1.78 bits per heavy atom. The van der Waals surface area contributed by atoms with E-state index in [9.17, 15) is 0 Å². The van der Waals surface area contributed by atoms with Crippen molar-refractivity contribution in [3.05, 3.63) is 39.9 Å². The molecule has 0 amide bonds. The maximum atomic E-state index is 8.99. The summed E-state index contributed by atoms with van der Waals surface area (Å²) in [5.74, 6) is 3.57. The summed E-state index contributed by atoms with van der Waals surface area (Å²) in [5, 5.41) is 9.53. The van der Waals surface area contributed by atoms with Gasteiger partial charge in [-0.05, 0) is 38.2 Å². The molecule has 6 nitrogen and oxygen atoms in total. The highest BCUT2D eigenvalue weighted by atomic mass is 35.5. The molecule has 7 heteroatoms. The van der Waals surface area contributed by atoms with Crippen LogP contribution in [0.15, 0.2) is 12.3 Å². The van der Waals surface area contributed by atoms with Crippen LogP contribution < -0.4 is 9.80 Å². The Bertz CT molecular complexity index is 925. The van der Waals surface area contributed by atoms with Crippen molar-refractivity contribution in [2.24, 2.45) is 0 Å². The molecule has 1 aliphatic heterocycles. The smallest absolute Gasteiger partial charge is 0.147 e. The van der Waals surface area contributed by atoms with Gasteiger partial charge in [0.1, 0.15) is 23.5 Å². The number of halogens is 1. The van der Waals surface area contributed by atoms with Crippen LogP contribution in [0.4, 0.5) is 11.6 Å². The number of aryl methyl sites for hydroxylation is 1. The number of fused-ring (bicyclic) bond motifs is 1. The van der Waals surface area contributed by atoms with Crippen molar-refractivity contribution in [3.63, 3.8) is 0 Å². The maximum Gasteiger partial charge on any atom is 0.147 e. The first-order valence-electron chi connectivity index (χ1n) is 9.68. The zero-order valence-electron chi connectivity index (χ0n) is 15.2. The van der Waals surface area contributed by atoms with Crippen LogP contribution in [0.3, 0.4) is 0 Å². The minimum absolute atomic E-state index is 0.492. The van der Waals surface area contributed by atoms with Crippen molar-refractivity contribution in [1.29, 1.82) is 5.26 Å². The van der Waals surface area contributed by atoms with Gasteiger partial charge in [-0.25, -0.2) is 15.0 Å². The van der Waals surface area contributed by atoms with Gasteiger partial charge in [0.05, 0.1) is 10.6 Å². The van der Waals surface area contributed by atoms with Gasteiger partial charge in [0, 0.05) is 49.6 Å². The number of nitrogens with zero attached hydrogens (tertiary/aromatic N) is 6. The minimum atomic E-state index is 0.492. The summed E-state index contributed by atoms with van der Waals surface area (Å²) in [7, 11) is 0. The Kier molecular flexibility index (Phi) is 4.13. The van der Waals surface area contributed by atoms with Crippen LogP contribution >= 0.6 is 11.6 Å². The normalized spacial score (nSPS) is 19.1. The molecule has 0 atom stereocenters. The average Bonchev–Trinajstić information content (AvgIpc) is 3.45. The fourth-order valence-corrected chi connectivity index (χ4v) is 4.36. The lowest BCUT2D eigenvalue weighted by molar-refractivity contribution is 0.636. The van der Waals surface area contributed by atoms with E-state index < -0.39 is 0 Å². The summed E-state index contributed by atoms with van der Waals surface area (Å²) in [6.45, 7) is 3.48. The molecule has 0 radical (unpaired) electrons. The number of hydrogen-bond acceptors (Lipinski definition) is 6. The third-order valence-corrected chi connectivity index (χ3v) is 5.98. The van der Waals surface area contributed by atoms with Crippen molar-refractivity contribution in [1.82, 2.24) is 15.0 Å². The Morgan fingerprint density at radius 1 is 1.04 bits per heavy atom. The lowest BCUT2D eigenvalue weighted by Crippen LogP contribution is -2.47. The third kappa shape index (κ3) is 3.10. The summed E-state index contributed by atoms with van der Waals surface area (Å²) >= 11 is 6.34. The van der Waals surface area contributed by atoms with Crippen molar-refractivity contribution in [2.75, 3.05) is 36.0 Å². The highest BCUT2D eigenvalue weighted by Gasteiger charge is 2.32. The van der Waals surface area contributed by atoms with Crippen molar-refractivity contribution in [2.45, 2.75) is 38.0 Å². The fourth-order valence-electron chi connectivity index (χ4n) is 4.07. The van der Waals surface area contributed by atoms with Gasteiger partial charge in [-0.15, -0.1) is 0 Å². The van der Waals surface area contributed by atoms with Gasteiger partial charge in [-0.3, -0.25) is 0 Å². The molecule has 2 aromatic heterocycles. The van der Waals surface area contributed by atoms with Crippen molar-refractivity contribution < 1.29 is 0 Å². The number of piperazine rings is 1. The fraction of sp³-hybridized carbons (Fsp3) is 0.500. The molecule has 0 unspecified atom stereocenters. The monoisotopic (exact) mass is 380 g/mol. The van der Waals surface area contributed by atoms with E-state index in [1.807, 2.05) is 0 Å². The van der Waals surface area contributed by atoms with Gasteiger partial charge in [0.15, 0.2) is 0 Å². The SMILES string of the molecule is N#Cc1cnc(N2CCN(c3nc(C4CC4)nc4c3CCC4)CC2)c(Cl)c1. The van der Waals surface area contributed by atoms with Crippen LogP contribution in [0.1, 0.15) is 47.8 Å². The van der Waals surface area contributed by atoms with Crippen LogP contribution in [0.5, 0.6) is 0 Å². The molecule has 2 fully saturated rings. The second-order valence-corrected chi connectivity index (χ2v) is 7.98. The molecule has 0 N–H and O–H groups in total. The van der Waals surface area contributed by atoms with E-state index in [4.69, 9.17) is 26.8 Å². The van der Waals surface area contributed by atoms with Crippen LogP contribution in [-0.2, 0) is 12.8 Å². The third-order valence-electron chi connectivity index (χ3n) is 5.70. The van der Waals surface area contributed by atoms with Crippen molar-refractivity contribution in [3.8, 4) is 6.07 Å². The summed E-state index contributed by atoms with van der Waals surface area (Å²) in [5.41, 5.74) is 3.13. The highest BCUT2D eigenvalue weighted by Crippen LogP contribution is 2.40. The summed E-state index contributed by atoms with van der Waals surface area (Å²) < 4.78 is 0. The molecule has 3 aliphatic rings. The average molecular weight is 381 g/mol. The molecule has 2 aromatic rings. The molecule has 3 heterocycles. The summed E-state index contributed by atoms with van der Waals surface area (Å²) in [6.07, 6.45) is 7.43. The first-order chi connectivity index (χ1) is 13.2. The predicted octanol–water partition coefficient (Wildman–Crippen LogP) is 3.09. The maximum absolute atomic E-state index is 8.99. The lowest BCUT2D eigenvalue weighted by Gasteiger charge is -2.37. The Balaban J connectivity index is 1.36. The molecule has 2 aliphatic carbocycles. The van der Waals surface area contributed by atoms with Crippen LogP contribution in [-0.4, -0.2) is 41.1 Å². The quantitative estimate of drug-likeness (QED) is 0.815. The molecule has 1 saturated carbocycles. The topological polar surface area (TPSA) is 68.9 Å². The minimum Gasteiger partial charge on any atom is -0.353 e. The van der Waals surface area contributed by atoms with E-state index in [2.05, 4.69) is 20.9 Å². The standard InChI is InChI=1S/C20H21ClN6/c21-16-10-13(11-22)12-23-20(16)27-8-6-26(7-9-27)19-15-2-1-3-17(15)24-18(25-19)14-4-5-14/h10,12,14H,1-9H2. The van der Waals surface area contributed by atoms with Crippen molar-refractivity contribution >= 4 is 23.2 Å². The molecule has 1 saturated heterocycles. The number of pyridine rings is 1. The summed E-state index contributed by atoms with van der Waals surface area (Å²) in [6, 6.07) is 3.77. The predicted molar refractivity (Wildman–Crippen MR) is 104 cm³/mol. The van der Waals surface area contributed by atoms with Gasteiger partial charge in [-0.2, -0.15) is 5.26 Å². The largest absolute Gasteiger partial charge is 0.353 e. The molecule has 5 rings (SSSR count). The van der Waals surface area contributed by atoms with Gasteiger partial charge in [-0.1, -0.05) is 11.6 Å². The zero-order valence-corrected chi connectivity index (χ0v) is 15.9. The van der Waals surface area contributed by atoms with Crippen LogP contribution in [0.25, 0.3) is 0 Å².